The van der Waals surface area contributed by atoms with E-state index >= 15 is 0 Å². The number of hydrogen-bond donors (Lipinski definition) is 2. The Morgan fingerprint density at radius 3 is 2.57 bits per heavy atom. The van der Waals surface area contributed by atoms with Crippen LogP contribution in [0.1, 0.15) is 21.5 Å². The van der Waals surface area contributed by atoms with Gasteiger partial charge in [-0.2, -0.15) is 0 Å². The lowest BCUT2D eigenvalue weighted by Crippen LogP contribution is -2.23. The highest BCUT2D eigenvalue weighted by molar-refractivity contribution is 5.96. The largest absolute Gasteiger partial charge is 0.457 e. The standard InChI is InChI=1S/C21H19F2N3O2/c1-13-18(21(27)26-12-14-8-15(22)10-16(23)9-14)4-3-5-19(13)28-17-6-7-25-20(11-17)24-2/h3-11H,12H2,1-2H3,(H,24,25)(H,26,27). The van der Waals surface area contributed by atoms with Crippen LogP contribution in [0.5, 0.6) is 11.5 Å². The predicted molar refractivity (Wildman–Crippen MR) is 103 cm³/mol. The monoisotopic (exact) mass is 383 g/mol. The van der Waals surface area contributed by atoms with Crippen molar-refractivity contribution in [1.29, 1.82) is 0 Å². The van der Waals surface area contributed by atoms with Gasteiger partial charge in [0.05, 0.1) is 0 Å². The van der Waals surface area contributed by atoms with Crippen LogP contribution in [0.3, 0.4) is 0 Å². The molecule has 1 aromatic heterocycles. The van der Waals surface area contributed by atoms with E-state index in [2.05, 4.69) is 15.6 Å². The van der Waals surface area contributed by atoms with Gasteiger partial charge in [-0.25, -0.2) is 13.8 Å². The molecular weight excluding hydrogens is 364 g/mol. The van der Waals surface area contributed by atoms with Gasteiger partial charge in [0.25, 0.3) is 5.91 Å². The van der Waals surface area contributed by atoms with Crippen LogP contribution in [0.4, 0.5) is 14.6 Å². The number of anilines is 1. The highest BCUT2D eigenvalue weighted by Gasteiger charge is 2.13. The molecule has 0 aliphatic heterocycles. The number of nitrogens with zero attached hydrogens (tertiary/aromatic N) is 1. The van der Waals surface area contributed by atoms with Gasteiger partial charge in [-0.15, -0.1) is 0 Å². The van der Waals surface area contributed by atoms with Gasteiger partial charge >= 0.3 is 0 Å². The molecule has 0 radical (unpaired) electrons. The number of carbonyl (C=O) groups excluding carboxylic acids is 1. The van der Waals surface area contributed by atoms with E-state index in [4.69, 9.17) is 4.74 Å². The second-order valence-corrected chi connectivity index (χ2v) is 6.12. The molecular formula is C21H19F2N3O2. The van der Waals surface area contributed by atoms with Crippen molar-refractivity contribution in [2.45, 2.75) is 13.5 Å². The molecule has 28 heavy (non-hydrogen) atoms. The van der Waals surface area contributed by atoms with Gasteiger partial charge in [-0.05, 0) is 42.8 Å². The summed E-state index contributed by atoms with van der Waals surface area (Å²) < 4.78 is 32.4. The SMILES string of the molecule is CNc1cc(Oc2cccc(C(=O)NCc3cc(F)cc(F)c3)c2C)ccn1. The van der Waals surface area contributed by atoms with Crippen molar-refractivity contribution in [1.82, 2.24) is 10.3 Å². The molecule has 1 heterocycles. The van der Waals surface area contributed by atoms with Gasteiger partial charge in [-0.1, -0.05) is 6.07 Å². The van der Waals surface area contributed by atoms with Crippen molar-refractivity contribution < 1.29 is 18.3 Å². The topological polar surface area (TPSA) is 63.2 Å². The average molecular weight is 383 g/mol. The van der Waals surface area contributed by atoms with E-state index in [1.807, 2.05) is 0 Å². The molecule has 2 aromatic carbocycles. The van der Waals surface area contributed by atoms with Crippen molar-refractivity contribution in [3.8, 4) is 11.5 Å². The van der Waals surface area contributed by atoms with E-state index in [0.29, 0.717) is 34.0 Å². The summed E-state index contributed by atoms with van der Waals surface area (Å²) in [4.78, 5) is 16.7. The van der Waals surface area contributed by atoms with Crippen molar-refractivity contribution in [3.63, 3.8) is 0 Å². The third-order valence-electron chi connectivity index (χ3n) is 4.12. The number of aromatic nitrogens is 1. The van der Waals surface area contributed by atoms with Crippen LogP contribution >= 0.6 is 0 Å². The molecule has 0 saturated heterocycles. The number of carbonyl (C=O) groups is 1. The minimum absolute atomic E-state index is 0.00786. The summed E-state index contributed by atoms with van der Waals surface area (Å²) >= 11 is 0. The van der Waals surface area contributed by atoms with Crippen LogP contribution in [0.15, 0.2) is 54.7 Å². The van der Waals surface area contributed by atoms with E-state index in [0.717, 1.165) is 6.07 Å². The minimum Gasteiger partial charge on any atom is -0.457 e. The number of amides is 1. The molecule has 0 spiro atoms. The highest BCUT2D eigenvalue weighted by Crippen LogP contribution is 2.28. The number of ether oxygens (including phenoxy) is 1. The first kappa shape index (κ1) is 19.3. The van der Waals surface area contributed by atoms with Crippen LogP contribution < -0.4 is 15.4 Å². The number of halogens is 2. The number of nitrogens with one attached hydrogen (secondary N) is 2. The molecule has 7 heteroatoms. The molecule has 0 aliphatic carbocycles. The predicted octanol–water partition coefficient (Wildman–Crippen LogP) is 4.43. The number of benzene rings is 2. The smallest absolute Gasteiger partial charge is 0.251 e. The van der Waals surface area contributed by atoms with E-state index in [9.17, 15) is 13.6 Å². The third kappa shape index (κ3) is 4.62. The fourth-order valence-corrected chi connectivity index (χ4v) is 2.70. The molecule has 5 nitrogen and oxygen atoms in total. The van der Waals surface area contributed by atoms with Gasteiger partial charge in [0.15, 0.2) is 0 Å². The molecule has 0 bridgehead atoms. The van der Waals surface area contributed by atoms with Gasteiger partial charge in [0.2, 0.25) is 0 Å². The number of hydrogen-bond acceptors (Lipinski definition) is 4. The normalized spacial score (nSPS) is 10.4. The van der Waals surface area contributed by atoms with E-state index < -0.39 is 11.6 Å². The molecule has 0 unspecified atom stereocenters. The Balaban J connectivity index is 1.75. The average Bonchev–Trinajstić information content (AvgIpc) is 2.67. The number of rotatable bonds is 6. The molecule has 0 atom stereocenters. The lowest BCUT2D eigenvalue weighted by Gasteiger charge is -2.13. The molecule has 0 aliphatic rings. The van der Waals surface area contributed by atoms with Crippen LogP contribution in [0, 0.1) is 18.6 Å². The van der Waals surface area contributed by atoms with E-state index in [-0.39, 0.29) is 12.5 Å². The molecule has 3 rings (SSSR count). The molecule has 0 saturated carbocycles. The second kappa shape index (κ2) is 8.47. The Morgan fingerprint density at radius 2 is 1.86 bits per heavy atom. The summed E-state index contributed by atoms with van der Waals surface area (Å²) in [6.45, 7) is 1.78. The molecule has 3 aromatic rings. The fraction of sp³-hybridized carbons (Fsp3) is 0.143. The number of pyridine rings is 1. The third-order valence-corrected chi connectivity index (χ3v) is 4.12. The van der Waals surface area contributed by atoms with Crippen molar-refractivity contribution >= 4 is 11.7 Å². The van der Waals surface area contributed by atoms with Crippen LogP contribution in [0.2, 0.25) is 0 Å². The van der Waals surface area contributed by atoms with Gasteiger partial charge in [-0.3, -0.25) is 4.79 Å². The zero-order valence-electron chi connectivity index (χ0n) is 15.4. The molecule has 144 valence electrons. The summed E-state index contributed by atoms with van der Waals surface area (Å²) in [6.07, 6.45) is 1.62. The van der Waals surface area contributed by atoms with Crippen LogP contribution in [-0.4, -0.2) is 17.9 Å². The lowest BCUT2D eigenvalue weighted by atomic mass is 10.1. The van der Waals surface area contributed by atoms with Crippen molar-refractivity contribution in [2.24, 2.45) is 0 Å². The zero-order valence-corrected chi connectivity index (χ0v) is 15.4. The first-order valence-corrected chi connectivity index (χ1v) is 8.60. The van der Waals surface area contributed by atoms with E-state index in [1.54, 1.807) is 50.5 Å². The first-order chi connectivity index (χ1) is 13.5. The van der Waals surface area contributed by atoms with Crippen LogP contribution in [0.25, 0.3) is 0 Å². The Morgan fingerprint density at radius 1 is 1.11 bits per heavy atom. The summed E-state index contributed by atoms with van der Waals surface area (Å²) in [7, 11) is 1.76. The maximum absolute atomic E-state index is 13.3. The second-order valence-electron chi connectivity index (χ2n) is 6.12. The maximum atomic E-state index is 13.3. The summed E-state index contributed by atoms with van der Waals surface area (Å²) in [6, 6.07) is 11.7. The Bertz CT molecular complexity index is 988. The molecule has 1 amide bonds. The molecule has 0 fully saturated rings. The van der Waals surface area contributed by atoms with Crippen molar-refractivity contribution in [2.75, 3.05) is 12.4 Å². The van der Waals surface area contributed by atoms with Crippen molar-refractivity contribution in [3.05, 3.63) is 83.1 Å². The van der Waals surface area contributed by atoms with Gasteiger partial charge in [0, 0.05) is 43.0 Å². The lowest BCUT2D eigenvalue weighted by molar-refractivity contribution is 0.0950. The van der Waals surface area contributed by atoms with Crippen LogP contribution in [-0.2, 0) is 6.54 Å². The summed E-state index contributed by atoms with van der Waals surface area (Å²) in [5.74, 6) is 0.0285. The van der Waals surface area contributed by atoms with Gasteiger partial charge in [0.1, 0.15) is 29.0 Å². The molecule has 2 N–H and O–H groups in total. The van der Waals surface area contributed by atoms with Gasteiger partial charge < -0.3 is 15.4 Å². The zero-order chi connectivity index (χ0) is 20.1. The maximum Gasteiger partial charge on any atom is 0.251 e. The van der Waals surface area contributed by atoms with E-state index in [1.165, 1.54) is 12.1 Å². The Hall–Kier alpha value is -3.48. The first-order valence-electron chi connectivity index (χ1n) is 8.60. The highest BCUT2D eigenvalue weighted by atomic mass is 19.1. The summed E-state index contributed by atoms with van der Waals surface area (Å²) in [5.41, 5.74) is 1.40. The Kier molecular flexibility index (Phi) is 5.84. The summed E-state index contributed by atoms with van der Waals surface area (Å²) in [5, 5.41) is 5.60. The fourth-order valence-electron chi connectivity index (χ4n) is 2.70. The Labute approximate surface area is 161 Å². The minimum atomic E-state index is -0.686. The quantitative estimate of drug-likeness (QED) is 0.661.